The highest BCUT2D eigenvalue weighted by Gasteiger charge is 2.09. The topological polar surface area (TPSA) is 102 Å². The molecule has 0 unspecified atom stereocenters. The molecule has 0 aliphatic rings. The molecule has 0 saturated carbocycles. The van der Waals surface area contributed by atoms with Crippen molar-refractivity contribution in [2.75, 3.05) is 19.0 Å². The lowest BCUT2D eigenvalue weighted by Gasteiger charge is -2.07. The molecule has 2 aromatic carbocycles. The van der Waals surface area contributed by atoms with Gasteiger partial charge in [-0.1, -0.05) is 36.4 Å². The minimum Gasteiger partial charge on any atom is -0.465 e. The van der Waals surface area contributed by atoms with Gasteiger partial charge in [-0.25, -0.2) is 17.9 Å². The molecule has 142 valence electrons. The second kappa shape index (κ2) is 9.65. The van der Waals surface area contributed by atoms with Crippen LogP contribution in [0.2, 0.25) is 0 Å². The maximum atomic E-state index is 11.9. The van der Waals surface area contributed by atoms with Crippen molar-refractivity contribution >= 4 is 33.7 Å². The molecule has 0 radical (unpaired) electrons. The first-order valence-electron chi connectivity index (χ1n) is 8.10. The summed E-state index contributed by atoms with van der Waals surface area (Å²) in [6, 6.07) is 15.3. The molecule has 2 rings (SSSR count). The van der Waals surface area contributed by atoms with Crippen LogP contribution in [0.3, 0.4) is 0 Å². The van der Waals surface area contributed by atoms with Gasteiger partial charge in [0.2, 0.25) is 15.9 Å². The number of anilines is 1. The Balaban J connectivity index is 1.83. The van der Waals surface area contributed by atoms with Crippen molar-refractivity contribution in [2.24, 2.45) is 0 Å². The van der Waals surface area contributed by atoms with Gasteiger partial charge in [-0.15, -0.1) is 0 Å². The average Bonchev–Trinajstić information content (AvgIpc) is 2.66. The van der Waals surface area contributed by atoms with Crippen LogP contribution in [0.5, 0.6) is 0 Å². The Hall–Kier alpha value is -2.97. The van der Waals surface area contributed by atoms with E-state index in [-0.39, 0.29) is 18.9 Å². The smallest absolute Gasteiger partial charge is 0.337 e. The molecule has 0 bridgehead atoms. The van der Waals surface area contributed by atoms with Gasteiger partial charge < -0.3 is 10.1 Å². The second-order valence-corrected chi connectivity index (χ2v) is 7.17. The first kappa shape index (κ1) is 20.3. The fraction of sp³-hybridized carbons (Fsp3) is 0.158. The van der Waals surface area contributed by atoms with Gasteiger partial charge >= 0.3 is 5.97 Å². The normalized spacial score (nSPS) is 11.3. The van der Waals surface area contributed by atoms with E-state index in [1.54, 1.807) is 42.5 Å². The fourth-order valence-electron chi connectivity index (χ4n) is 2.15. The second-order valence-electron chi connectivity index (χ2n) is 5.52. The molecule has 0 atom stereocenters. The highest BCUT2D eigenvalue weighted by molar-refractivity contribution is 7.92. The van der Waals surface area contributed by atoms with E-state index in [0.717, 1.165) is 11.0 Å². The van der Waals surface area contributed by atoms with Crippen molar-refractivity contribution in [1.82, 2.24) is 4.72 Å². The van der Waals surface area contributed by atoms with Crippen molar-refractivity contribution in [2.45, 2.75) is 6.42 Å². The highest BCUT2D eigenvalue weighted by atomic mass is 32.2. The first-order valence-corrected chi connectivity index (χ1v) is 9.65. The van der Waals surface area contributed by atoms with Gasteiger partial charge in [0.15, 0.2) is 0 Å². The van der Waals surface area contributed by atoms with Gasteiger partial charge in [-0.2, -0.15) is 0 Å². The lowest BCUT2D eigenvalue weighted by Crippen LogP contribution is -2.26. The van der Waals surface area contributed by atoms with Crippen LogP contribution in [0.4, 0.5) is 5.69 Å². The zero-order valence-electron chi connectivity index (χ0n) is 14.7. The molecule has 1 amide bonds. The minimum absolute atomic E-state index is 0.0516. The minimum atomic E-state index is -3.64. The van der Waals surface area contributed by atoms with Crippen LogP contribution in [0.25, 0.3) is 6.08 Å². The van der Waals surface area contributed by atoms with Gasteiger partial charge in [0, 0.05) is 24.1 Å². The van der Waals surface area contributed by atoms with Gasteiger partial charge in [0.1, 0.15) is 0 Å². The molecule has 0 heterocycles. The third-order valence-electron chi connectivity index (χ3n) is 3.46. The Kier molecular flexibility index (Phi) is 7.27. The molecule has 0 fully saturated rings. The largest absolute Gasteiger partial charge is 0.465 e. The summed E-state index contributed by atoms with van der Waals surface area (Å²) >= 11 is 0. The quantitative estimate of drug-likeness (QED) is 0.676. The molecule has 0 spiro atoms. The summed E-state index contributed by atoms with van der Waals surface area (Å²) in [5.74, 6) is -0.893. The molecular weight excluding hydrogens is 368 g/mol. The summed E-state index contributed by atoms with van der Waals surface area (Å²) in [5.41, 5.74) is 1.49. The number of carbonyl (C=O) groups excluding carboxylic acids is 2. The van der Waals surface area contributed by atoms with E-state index >= 15 is 0 Å². The number of carbonyl (C=O) groups is 2. The number of esters is 1. The zero-order chi connectivity index (χ0) is 19.7. The molecule has 0 saturated heterocycles. The lowest BCUT2D eigenvalue weighted by atomic mass is 10.2. The maximum absolute atomic E-state index is 11.9. The van der Waals surface area contributed by atoms with Crippen LogP contribution < -0.4 is 10.0 Å². The van der Waals surface area contributed by atoms with Crippen molar-refractivity contribution in [3.63, 3.8) is 0 Å². The Morgan fingerprint density at radius 2 is 1.81 bits per heavy atom. The summed E-state index contributed by atoms with van der Waals surface area (Å²) in [6.07, 6.45) is 1.42. The predicted octanol–water partition coefficient (Wildman–Crippen LogP) is 2.39. The average molecular weight is 388 g/mol. The van der Waals surface area contributed by atoms with Crippen LogP contribution in [-0.2, 0) is 19.6 Å². The first-order chi connectivity index (χ1) is 12.9. The van der Waals surface area contributed by atoms with E-state index in [2.05, 4.69) is 14.8 Å². The highest BCUT2D eigenvalue weighted by Crippen LogP contribution is 2.12. The zero-order valence-corrected chi connectivity index (χ0v) is 15.5. The molecule has 7 nitrogen and oxygen atoms in total. The molecule has 0 aliphatic heterocycles. The monoisotopic (exact) mass is 388 g/mol. The summed E-state index contributed by atoms with van der Waals surface area (Å²) in [5, 5.41) is 3.66. The van der Waals surface area contributed by atoms with Crippen LogP contribution in [0.15, 0.2) is 60.0 Å². The number of methoxy groups -OCH3 is 1. The predicted molar refractivity (Wildman–Crippen MR) is 103 cm³/mol. The molecule has 27 heavy (non-hydrogen) atoms. The number of benzene rings is 2. The number of hydrogen-bond donors (Lipinski definition) is 2. The molecular formula is C19H20N2O5S. The summed E-state index contributed by atoms with van der Waals surface area (Å²) in [7, 11) is -2.37. The van der Waals surface area contributed by atoms with Gasteiger partial charge in [0.25, 0.3) is 0 Å². The number of sulfonamides is 1. The van der Waals surface area contributed by atoms with Gasteiger partial charge in [-0.3, -0.25) is 4.79 Å². The van der Waals surface area contributed by atoms with Crippen LogP contribution >= 0.6 is 0 Å². The number of nitrogens with one attached hydrogen (secondary N) is 2. The summed E-state index contributed by atoms with van der Waals surface area (Å²) < 4.78 is 30.8. The van der Waals surface area contributed by atoms with Crippen LogP contribution in [0.1, 0.15) is 22.3 Å². The van der Waals surface area contributed by atoms with Crippen molar-refractivity contribution in [3.05, 3.63) is 71.1 Å². The van der Waals surface area contributed by atoms with E-state index < -0.39 is 16.0 Å². The Morgan fingerprint density at radius 1 is 1.07 bits per heavy atom. The van der Waals surface area contributed by atoms with Gasteiger partial charge in [-0.05, 0) is 29.8 Å². The summed E-state index contributed by atoms with van der Waals surface area (Å²) in [4.78, 5) is 23.4. The Bertz CT molecular complexity index is 924. The number of amides is 1. The molecule has 8 heteroatoms. The summed E-state index contributed by atoms with van der Waals surface area (Å²) in [6.45, 7) is -0.0516. The number of rotatable bonds is 8. The third kappa shape index (κ3) is 7.04. The Labute approximate surface area is 158 Å². The number of hydrogen-bond acceptors (Lipinski definition) is 5. The van der Waals surface area contributed by atoms with E-state index in [0.29, 0.717) is 11.3 Å². The SMILES string of the molecule is COC(=O)c1cccc(NC(=O)CCNS(=O)(=O)/C=C/c2ccccc2)c1. The van der Waals surface area contributed by atoms with E-state index in [1.807, 2.05) is 6.07 Å². The van der Waals surface area contributed by atoms with Crippen LogP contribution in [0, 0.1) is 0 Å². The Morgan fingerprint density at radius 3 is 2.52 bits per heavy atom. The lowest BCUT2D eigenvalue weighted by molar-refractivity contribution is -0.116. The molecule has 2 aromatic rings. The van der Waals surface area contributed by atoms with E-state index in [9.17, 15) is 18.0 Å². The van der Waals surface area contributed by atoms with Crippen molar-refractivity contribution in [1.29, 1.82) is 0 Å². The van der Waals surface area contributed by atoms with Gasteiger partial charge in [0.05, 0.1) is 12.7 Å². The fourth-order valence-corrected chi connectivity index (χ4v) is 2.97. The van der Waals surface area contributed by atoms with Crippen LogP contribution in [-0.4, -0.2) is 33.9 Å². The third-order valence-corrected chi connectivity index (χ3v) is 4.56. The molecule has 0 aliphatic carbocycles. The number of ether oxygens (including phenoxy) is 1. The standard InChI is InChI=1S/C19H20N2O5S/c1-26-19(23)16-8-5-9-17(14-16)21-18(22)10-12-20-27(24,25)13-11-15-6-3-2-4-7-15/h2-9,11,13-14,20H,10,12H2,1H3,(H,21,22)/b13-11+. The van der Waals surface area contributed by atoms with E-state index in [4.69, 9.17) is 0 Å². The maximum Gasteiger partial charge on any atom is 0.337 e. The van der Waals surface area contributed by atoms with E-state index in [1.165, 1.54) is 19.3 Å². The van der Waals surface area contributed by atoms with Crippen molar-refractivity contribution < 1.29 is 22.7 Å². The molecule has 2 N–H and O–H groups in total. The van der Waals surface area contributed by atoms with Crippen molar-refractivity contribution in [3.8, 4) is 0 Å². The molecule has 0 aromatic heterocycles.